The van der Waals surface area contributed by atoms with Crippen molar-refractivity contribution in [3.63, 3.8) is 0 Å². The Balaban J connectivity index is 0.00000338. The molecule has 1 amide bonds. The molecule has 2 aromatic carbocycles. The van der Waals surface area contributed by atoms with E-state index < -0.39 is 6.04 Å². The van der Waals surface area contributed by atoms with Crippen molar-refractivity contribution in [1.29, 1.82) is 0 Å². The average Bonchev–Trinajstić information content (AvgIpc) is 2.65. The van der Waals surface area contributed by atoms with Gasteiger partial charge in [-0.1, -0.05) is 36.7 Å². The van der Waals surface area contributed by atoms with Gasteiger partial charge in [0.05, 0.1) is 20.3 Å². The van der Waals surface area contributed by atoms with Crippen molar-refractivity contribution >= 4 is 29.9 Å². The molecule has 3 N–H and O–H groups in total. The molecule has 2 rings (SSSR count). The summed E-state index contributed by atoms with van der Waals surface area (Å²) in [5.41, 5.74) is 7.19. The second-order valence-corrected chi connectivity index (χ2v) is 6.11. The lowest BCUT2D eigenvalue weighted by Gasteiger charge is -2.24. The van der Waals surface area contributed by atoms with Crippen molar-refractivity contribution < 1.29 is 14.3 Å². The largest absolute Gasteiger partial charge is 0.497 e. The summed E-state index contributed by atoms with van der Waals surface area (Å²) in [5.74, 6) is 0.810. The summed E-state index contributed by atoms with van der Waals surface area (Å²) in [4.78, 5) is 12.5. The van der Waals surface area contributed by atoms with Gasteiger partial charge in [0.2, 0.25) is 5.91 Å². The molecule has 26 heavy (non-hydrogen) atoms. The molecule has 2 atom stereocenters. The minimum Gasteiger partial charge on any atom is -0.497 e. The van der Waals surface area contributed by atoms with Crippen LogP contribution in [0, 0.1) is 5.92 Å². The summed E-state index contributed by atoms with van der Waals surface area (Å²) in [6, 6.07) is 12.4. The van der Waals surface area contributed by atoms with Gasteiger partial charge in [-0.2, -0.15) is 0 Å². The molecule has 0 aliphatic rings. The van der Waals surface area contributed by atoms with Gasteiger partial charge in [-0.15, -0.1) is 12.4 Å². The van der Waals surface area contributed by atoms with E-state index in [1.54, 1.807) is 33.3 Å². The van der Waals surface area contributed by atoms with Crippen LogP contribution in [0.25, 0.3) is 0 Å². The Labute approximate surface area is 165 Å². The van der Waals surface area contributed by atoms with Crippen molar-refractivity contribution in [2.45, 2.75) is 13.0 Å². The van der Waals surface area contributed by atoms with E-state index in [0.29, 0.717) is 16.5 Å². The van der Waals surface area contributed by atoms with Gasteiger partial charge >= 0.3 is 0 Å². The second kappa shape index (κ2) is 10.3. The maximum atomic E-state index is 12.5. The zero-order chi connectivity index (χ0) is 18.4. The van der Waals surface area contributed by atoms with E-state index in [0.717, 1.165) is 11.1 Å². The van der Waals surface area contributed by atoms with Crippen LogP contribution in [0.2, 0.25) is 5.02 Å². The predicted octanol–water partition coefficient (Wildman–Crippen LogP) is 3.58. The third-order valence-electron chi connectivity index (χ3n) is 4.06. The fourth-order valence-electron chi connectivity index (χ4n) is 2.48. The number of methoxy groups -OCH3 is 2. The van der Waals surface area contributed by atoms with Gasteiger partial charge < -0.3 is 20.5 Å². The molecule has 0 saturated heterocycles. The number of nitrogens with two attached hydrogens (primary N) is 1. The van der Waals surface area contributed by atoms with Gasteiger partial charge in [-0.05, 0) is 23.8 Å². The summed E-state index contributed by atoms with van der Waals surface area (Å²) < 4.78 is 10.7. The molecule has 0 aromatic heterocycles. The molecule has 7 heteroatoms. The fraction of sp³-hybridized carbons (Fsp3) is 0.316. The first-order chi connectivity index (χ1) is 12.0. The van der Waals surface area contributed by atoms with E-state index in [9.17, 15) is 4.79 Å². The zero-order valence-corrected chi connectivity index (χ0v) is 16.6. The van der Waals surface area contributed by atoms with Gasteiger partial charge in [-0.3, -0.25) is 4.79 Å². The molecular weight excluding hydrogens is 375 g/mol. The number of rotatable bonds is 7. The number of hydrogen-bond acceptors (Lipinski definition) is 4. The number of halogens is 2. The van der Waals surface area contributed by atoms with E-state index in [4.69, 9.17) is 26.8 Å². The topological polar surface area (TPSA) is 73.6 Å². The summed E-state index contributed by atoms with van der Waals surface area (Å²) in [6.45, 7) is 2.05. The first-order valence-electron chi connectivity index (χ1n) is 7.98. The first kappa shape index (κ1) is 22.1. The average molecular weight is 399 g/mol. The summed E-state index contributed by atoms with van der Waals surface area (Å²) >= 11 is 6.38. The molecule has 0 aliphatic carbocycles. The molecule has 0 spiro atoms. The predicted molar refractivity (Wildman–Crippen MR) is 106 cm³/mol. The molecule has 2 unspecified atom stereocenters. The van der Waals surface area contributed by atoms with Crippen molar-refractivity contribution in [3.05, 3.63) is 58.6 Å². The third kappa shape index (κ3) is 5.04. The minimum atomic E-state index is -0.462. The van der Waals surface area contributed by atoms with Crippen LogP contribution in [0.1, 0.15) is 24.1 Å². The monoisotopic (exact) mass is 398 g/mol. The molecule has 0 fully saturated rings. The van der Waals surface area contributed by atoms with Crippen LogP contribution < -0.4 is 20.5 Å². The maximum absolute atomic E-state index is 12.5. The van der Waals surface area contributed by atoms with Gasteiger partial charge in [0.1, 0.15) is 11.5 Å². The van der Waals surface area contributed by atoms with Gasteiger partial charge in [0.25, 0.3) is 0 Å². The molecule has 2 aromatic rings. The lowest BCUT2D eigenvalue weighted by molar-refractivity contribution is -0.124. The van der Waals surface area contributed by atoms with Crippen LogP contribution in [0.3, 0.4) is 0 Å². The number of nitrogens with one attached hydrogen (secondary N) is 1. The molecule has 5 nitrogen and oxygen atoms in total. The van der Waals surface area contributed by atoms with Crippen LogP contribution in [0.15, 0.2) is 42.5 Å². The van der Waals surface area contributed by atoms with E-state index in [2.05, 4.69) is 5.32 Å². The summed E-state index contributed by atoms with van der Waals surface area (Å²) in [7, 11) is 3.16. The van der Waals surface area contributed by atoms with E-state index in [-0.39, 0.29) is 30.8 Å². The van der Waals surface area contributed by atoms with Gasteiger partial charge in [0.15, 0.2) is 0 Å². The highest BCUT2D eigenvalue weighted by Gasteiger charge is 2.24. The Morgan fingerprint density at radius 2 is 1.85 bits per heavy atom. The molecule has 0 bridgehead atoms. The van der Waals surface area contributed by atoms with Crippen LogP contribution in [0.4, 0.5) is 0 Å². The lowest BCUT2D eigenvalue weighted by atomic mass is 9.96. The van der Waals surface area contributed by atoms with E-state index in [1.807, 2.05) is 30.3 Å². The molecule has 0 heterocycles. The molecular formula is C19H24Cl2N2O3. The fourth-order valence-corrected chi connectivity index (χ4v) is 2.73. The van der Waals surface area contributed by atoms with Crippen molar-refractivity contribution in [1.82, 2.24) is 5.32 Å². The highest BCUT2D eigenvalue weighted by molar-refractivity contribution is 6.31. The van der Waals surface area contributed by atoms with Gasteiger partial charge in [-0.25, -0.2) is 0 Å². The Morgan fingerprint density at radius 3 is 2.42 bits per heavy atom. The molecule has 0 aliphatic heterocycles. The maximum Gasteiger partial charge on any atom is 0.224 e. The quantitative estimate of drug-likeness (QED) is 0.747. The Hall–Kier alpha value is -1.95. The highest BCUT2D eigenvalue weighted by Crippen LogP contribution is 2.35. The van der Waals surface area contributed by atoms with Crippen LogP contribution in [-0.4, -0.2) is 26.7 Å². The smallest absolute Gasteiger partial charge is 0.224 e. The SMILES string of the molecule is COc1ccc(C(NC(=O)C(C)CN)c2ccccc2Cl)c(OC)c1.Cl. The third-order valence-corrected chi connectivity index (χ3v) is 4.40. The van der Waals surface area contributed by atoms with Crippen LogP contribution in [0.5, 0.6) is 11.5 Å². The Morgan fingerprint density at radius 1 is 1.15 bits per heavy atom. The normalized spacial score (nSPS) is 12.5. The number of carbonyl (C=O) groups is 1. The second-order valence-electron chi connectivity index (χ2n) is 5.71. The zero-order valence-electron chi connectivity index (χ0n) is 15.0. The number of carbonyl (C=O) groups excluding carboxylic acids is 1. The number of ether oxygens (including phenoxy) is 2. The highest BCUT2D eigenvalue weighted by atomic mass is 35.5. The summed E-state index contributed by atoms with van der Waals surface area (Å²) in [6.07, 6.45) is 0. The lowest BCUT2D eigenvalue weighted by Crippen LogP contribution is -2.36. The first-order valence-corrected chi connectivity index (χ1v) is 8.36. The number of amides is 1. The Bertz CT molecular complexity index is 740. The Kier molecular flexibility index (Phi) is 8.72. The van der Waals surface area contributed by atoms with Crippen LogP contribution in [-0.2, 0) is 4.79 Å². The van der Waals surface area contributed by atoms with Crippen molar-refractivity contribution in [3.8, 4) is 11.5 Å². The van der Waals surface area contributed by atoms with E-state index >= 15 is 0 Å². The van der Waals surface area contributed by atoms with Gasteiger partial charge in [0, 0.05) is 29.1 Å². The minimum absolute atomic E-state index is 0. The van der Waals surface area contributed by atoms with Crippen molar-refractivity contribution in [2.24, 2.45) is 11.7 Å². The standard InChI is InChI=1S/C19H23ClN2O3.ClH/c1-12(11-21)19(23)22-18(14-6-4-5-7-16(14)20)15-9-8-13(24-2)10-17(15)25-3;/h4-10,12,18H,11,21H2,1-3H3,(H,22,23);1H. The van der Waals surface area contributed by atoms with E-state index in [1.165, 1.54) is 0 Å². The van der Waals surface area contributed by atoms with Crippen LogP contribution >= 0.6 is 24.0 Å². The molecule has 0 radical (unpaired) electrons. The molecule has 142 valence electrons. The number of hydrogen-bond donors (Lipinski definition) is 2. The summed E-state index contributed by atoms with van der Waals surface area (Å²) in [5, 5.41) is 3.59. The van der Waals surface area contributed by atoms with Crippen molar-refractivity contribution in [2.75, 3.05) is 20.8 Å². The molecule has 0 saturated carbocycles. The number of benzene rings is 2.